The second kappa shape index (κ2) is 5.61. The third-order valence-corrected chi connectivity index (χ3v) is 3.59. The van der Waals surface area contributed by atoms with Crippen molar-refractivity contribution in [1.82, 2.24) is 20.4 Å². The topological polar surface area (TPSA) is 87.0 Å². The summed E-state index contributed by atoms with van der Waals surface area (Å²) in [5.74, 6) is 0.0517. The molecule has 1 aromatic heterocycles. The van der Waals surface area contributed by atoms with Gasteiger partial charge in [0.15, 0.2) is 5.69 Å². The molecule has 1 fully saturated rings. The standard InChI is InChI=1S/C13H23N5O/c1-8(2)11-10(14)12(17-16-11)13(19)15-9-5-4-6-18(3)7-9/h8-9H,4-7,14H2,1-3H3,(H,15,19)(H,16,17). The van der Waals surface area contributed by atoms with Gasteiger partial charge in [0.05, 0.1) is 11.4 Å². The lowest BCUT2D eigenvalue weighted by Crippen LogP contribution is -2.46. The summed E-state index contributed by atoms with van der Waals surface area (Å²) in [6.07, 6.45) is 2.12. The number of H-pyrrole nitrogens is 1. The van der Waals surface area contributed by atoms with Crippen LogP contribution in [0.15, 0.2) is 0 Å². The zero-order valence-electron chi connectivity index (χ0n) is 11.9. The number of nitrogens with one attached hydrogen (secondary N) is 2. The van der Waals surface area contributed by atoms with Gasteiger partial charge >= 0.3 is 0 Å². The van der Waals surface area contributed by atoms with E-state index in [1.165, 1.54) is 0 Å². The Hall–Kier alpha value is -1.56. The highest BCUT2D eigenvalue weighted by Gasteiger charge is 2.23. The van der Waals surface area contributed by atoms with E-state index in [0.717, 1.165) is 31.6 Å². The molecule has 1 unspecified atom stereocenters. The third kappa shape index (κ3) is 3.07. The van der Waals surface area contributed by atoms with E-state index in [1.54, 1.807) is 0 Å². The fourth-order valence-electron chi connectivity index (χ4n) is 2.52. The summed E-state index contributed by atoms with van der Waals surface area (Å²) in [5.41, 5.74) is 7.58. The maximum atomic E-state index is 12.2. The van der Waals surface area contributed by atoms with Crippen LogP contribution in [0, 0.1) is 0 Å². The van der Waals surface area contributed by atoms with Crippen molar-refractivity contribution >= 4 is 11.6 Å². The van der Waals surface area contributed by atoms with Crippen LogP contribution in [0.25, 0.3) is 0 Å². The molecule has 2 rings (SSSR count). The molecule has 1 amide bonds. The molecule has 4 N–H and O–H groups in total. The Morgan fingerprint density at radius 3 is 2.89 bits per heavy atom. The summed E-state index contributed by atoms with van der Waals surface area (Å²) in [4.78, 5) is 14.4. The normalized spacial score (nSPS) is 20.7. The van der Waals surface area contributed by atoms with E-state index in [9.17, 15) is 4.79 Å². The van der Waals surface area contributed by atoms with Crippen molar-refractivity contribution in [3.8, 4) is 0 Å². The Morgan fingerprint density at radius 1 is 1.58 bits per heavy atom. The van der Waals surface area contributed by atoms with Gasteiger partial charge in [-0.15, -0.1) is 0 Å². The summed E-state index contributed by atoms with van der Waals surface area (Å²) in [5, 5.41) is 9.92. The number of rotatable bonds is 3. The predicted molar refractivity (Wildman–Crippen MR) is 75.1 cm³/mol. The van der Waals surface area contributed by atoms with Crippen molar-refractivity contribution in [2.45, 2.75) is 38.6 Å². The van der Waals surface area contributed by atoms with Gasteiger partial charge in [-0.2, -0.15) is 5.10 Å². The number of carbonyl (C=O) groups excluding carboxylic acids is 1. The van der Waals surface area contributed by atoms with Crippen LogP contribution in [0.5, 0.6) is 0 Å². The predicted octanol–water partition coefficient (Wildman–Crippen LogP) is 0.939. The number of amides is 1. The Morgan fingerprint density at radius 2 is 2.32 bits per heavy atom. The van der Waals surface area contributed by atoms with Crippen molar-refractivity contribution in [3.05, 3.63) is 11.4 Å². The van der Waals surface area contributed by atoms with Gasteiger partial charge in [-0.05, 0) is 32.4 Å². The molecule has 0 bridgehead atoms. The maximum Gasteiger partial charge on any atom is 0.274 e. The molecular weight excluding hydrogens is 242 g/mol. The Balaban J connectivity index is 2.03. The number of hydrogen-bond acceptors (Lipinski definition) is 4. The zero-order valence-corrected chi connectivity index (χ0v) is 11.9. The van der Waals surface area contributed by atoms with Gasteiger partial charge in [0.2, 0.25) is 0 Å². The van der Waals surface area contributed by atoms with Crippen LogP contribution >= 0.6 is 0 Å². The summed E-state index contributed by atoms with van der Waals surface area (Å²) in [6, 6.07) is 0.185. The minimum absolute atomic E-state index is 0.180. The van der Waals surface area contributed by atoms with Crippen LogP contribution < -0.4 is 11.1 Å². The van der Waals surface area contributed by atoms with Crippen LogP contribution in [0.1, 0.15) is 48.8 Å². The largest absolute Gasteiger partial charge is 0.395 e. The Bertz CT molecular complexity index is 454. The van der Waals surface area contributed by atoms with Crippen molar-refractivity contribution in [2.75, 3.05) is 25.9 Å². The highest BCUT2D eigenvalue weighted by molar-refractivity contribution is 5.97. The number of aromatic nitrogens is 2. The van der Waals surface area contributed by atoms with Crippen molar-refractivity contribution in [1.29, 1.82) is 0 Å². The number of likely N-dealkylation sites (N-methyl/N-ethyl adjacent to an activating group) is 1. The summed E-state index contributed by atoms with van der Waals surface area (Å²) >= 11 is 0. The molecule has 1 aromatic rings. The molecule has 0 saturated carbocycles. The number of nitrogen functional groups attached to an aromatic ring is 1. The average Bonchev–Trinajstić information content (AvgIpc) is 2.71. The van der Waals surface area contributed by atoms with Crippen LogP contribution in [-0.4, -0.2) is 47.2 Å². The molecule has 0 aliphatic carbocycles. The smallest absolute Gasteiger partial charge is 0.274 e. The second-order valence-electron chi connectivity index (χ2n) is 5.63. The first-order chi connectivity index (χ1) is 8.99. The van der Waals surface area contributed by atoms with E-state index >= 15 is 0 Å². The molecular formula is C13H23N5O. The molecule has 1 saturated heterocycles. The number of anilines is 1. The van der Waals surface area contributed by atoms with Gasteiger partial charge in [0.25, 0.3) is 5.91 Å². The van der Waals surface area contributed by atoms with Crippen LogP contribution in [0.2, 0.25) is 0 Å². The zero-order chi connectivity index (χ0) is 14.0. The molecule has 2 heterocycles. The monoisotopic (exact) mass is 265 g/mol. The summed E-state index contributed by atoms with van der Waals surface area (Å²) in [6.45, 7) is 6.00. The summed E-state index contributed by atoms with van der Waals surface area (Å²) < 4.78 is 0. The Labute approximate surface area is 113 Å². The highest BCUT2D eigenvalue weighted by atomic mass is 16.2. The first-order valence-electron chi connectivity index (χ1n) is 6.82. The van der Waals surface area contributed by atoms with E-state index in [2.05, 4.69) is 27.5 Å². The van der Waals surface area contributed by atoms with Crippen molar-refractivity contribution in [3.63, 3.8) is 0 Å². The molecule has 19 heavy (non-hydrogen) atoms. The molecule has 0 radical (unpaired) electrons. The molecule has 0 spiro atoms. The molecule has 0 aromatic carbocycles. The van der Waals surface area contributed by atoms with Gasteiger partial charge in [-0.1, -0.05) is 13.8 Å². The lowest BCUT2D eigenvalue weighted by Gasteiger charge is -2.30. The van der Waals surface area contributed by atoms with Crippen LogP contribution in [0.3, 0.4) is 0 Å². The second-order valence-corrected chi connectivity index (χ2v) is 5.63. The van der Waals surface area contributed by atoms with E-state index in [1.807, 2.05) is 13.8 Å². The molecule has 1 aliphatic heterocycles. The van der Waals surface area contributed by atoms with Crippen LogP contribution in [-0.2, 0) is 0 Å². The summed E-state index contributed by atoms with van der Waals surface area (Å²) in [7, 11) is 2.07. The van der Waals surface area contributed by atoms with Gasteiger partial charge in [-0.3, -0.25) is 9.89 Å². The molecule has 106 valence electrons. The first kappa shape index (κ1) is 13.9. The number of piperidine rings is 1. The molecule has 1 aliphatic rings. The highest BCUT2D eigenvalue weighted by Crippen LogP contribution is 2.22. The number of hydrogen-bond donors (Lipinski definition) is 3. The van der Waals surface area contributed by atoms with Gasteiger partial charge in [0.1, 0.15) is 0 Å². The minimum Gasteiger partial charge on any atom is -0.395 e. The van der Waals surface area contributed by atoms with E-state index < -0.39 is 0 Å². The molecule has 6 heteroatoms. The Kier molecular flexibility index (Phi) is 4.09. The fourth-order valence-corrected chi connectivity index (χ4v) is 2.52. The average molecular weight is 265 g/mol. The maximum absolute atomic E-state index is 12.2. The van der Waals surface area contributed by atoms with Crippen molar-refractivity contribution in [2.24, 2.45) is 0 Å². The van der Waals surface area contributed by atoms with E-state index in [0.29, 0.717) is 11.4 Å². The lowest BCUT2D eigenvalue weighted by atomic mass is 10.1. The number of carbonyl (C=O) groups is 1. The number of nitrogens with zero attached hydrogens (tertiary/aromatic N) is 2. The van der Waals surface area contributed by atoms with Crippen molar-refractivity contribution < 1.29 is 4.79 Å². The lowest BCUT2D eigenvalue weighted by molar-refractivity contribution is 0.0908. The quantitative estimate of drug-likeness (QED) is 0.759. The molecule has 6 nitrogen and oxygen atoms in total. The minimum atomic E-state index is -0.180. The van der Waals surface area contributed by atoms with Gasteiger partial charge < -0.3 is 16.0 Å². The van der Waals surface area contributed by atoms with Crippen LogP contribution in [0.4, 0.5) is 5.69 Å². The molecule has 1 atom stereocenters. The number of aromatic amines is 1. The van der Waals surface area contributed by atoms with E-state index in [4.69, 9.17) is 5.73 Å². The third-order valence-electron chi connectivity index (χ3n) is 3.59. The van der Waals surface area contributed by atoms with E-state index in [-0.39, 0.29) is 17.9 Å². The fraction of sp³-hybridized carbons (Fsp3) is 0.692. The number of nitrogens with two attached hydrogens (primary N) is 1. The first-order valence-corrected chi connectivity index (χ1v) is 6.82. The van der Waals surface area contributed by atoms with Gasteiger partial charge in [0, 0.05) is 12.6 Å². The van der Waals surface area contributed by atoms with Gasteiger partial charge in [-0.25, -0.2) is 0 Å². The number of likely N-dealkylation sites (tertiary alicyclic amines) is 1. The SMILES string of the molecule is CC(C)c1[nH]nc(C(=O)NC2CCCN(C)C2)c1N.